The minimum Gasteiger partial charge on any atom is -0.312 e. The highest BCUT2D eigenvalue weighted by atomic mass is 35.5. The second-order valence-corrected chi connectivity index (χ2v) is 7.71. The minimum absolute atomic E-state index is 0.173. The lowest BCUT2D eigenvalue weighted by atomic mass is 9.65. The summed E-state index contributed by atoms with van der Waals surface area (Å²) in [4.78, 5) is 0. The first kappa shape index (κ1) is 15.2. The third kappa shape index (κ3) is 4.11. The van der Waals surface area contributed by atoms with Crippen molar-refractivity contribution in [3.05, 3.63) is 33.8 Å². The van der Waals surface area contributed by atoms with Gasteiger partial charge in [0.25, 0.3) is 0 Å². The van der Waals surface area contributed by atoms with E-state index >= 15 is 0 Å². The fourth-order valence-electron chi connectivity index (χ4n) is 2.61. The van der Waals surface area contributed by atoms with Gasteiger partial charge in [0.1, 0.15) is 0 Å². The molecule has 1 fully saturated rings. The molecule has 1 nitrogen and oxygen atoms in total. The van der Waals surface area contributed by atoms with E-state index in [2.05, 4.69) is 32.2 Å². The first-order chi connectivity index (χ1) is 8.80. The fourth-order valence-corrected chi connectivity index (χ4v) is 3.09. The summed E-state index contributed by atoms with van der Waals surface area (Å²) in [5, 5.41) is 5.16. The van der Waals surface area contributed by atoms with Gasteiger partial charge in [-0.05, 0) is 63.1 Å². The maximum absolute atomic E-state index is 6.30. The molecule has 0 saturated heterocycles. The smallest absolute Gasteiger partial charge is 0.0453 e. The molecule has 0 heterocycles. The third-order valence-corrected chi connectivity index (χ3v) is 4.58. The molecule has 0 bridgehead atoms. The van der Waals surface area contributed by atoms with Crippen molar-refractivity contribution in [1.29, 1.82) is 0 Å². The van der Waals surface area contributed by atoms with Crippen molar-refractivity contribution < 1.29 is 0 Å². The standard InChI is InChI=1S/C16H23Cl2N/c1-15(2,3)19-11-16(7-4-8-16)10-12-5-6-13(17)9-14(12)18/h5-6,9,19H,4,7-8,10-11H2,1-3H3. The zero-order valence-electron chi connectivity index (χ0n) is 12.0. The predicted octanol–water partition coefficient (Wildman–Crippen LogP) is 5.09. The van der Waals surface area contributed by atoms with E-state index in [9.17, 15) is 0 Å². The zero-order valence-corrected chi connectivity index (χ0v) is 13.5. The highest BCUT2D eigenvalue weighted by Crippen LogP contribution is 2.44. The molecule has 0 aromatic heterocycles. The van der Waals surface area contributed by atoms with Gasteiger partial charge < -0.3 is 5.32 Å². The highest BCUT2D eigenvalue weighted by Gasteiger charge is 2.37. The topological polar surface area (TPSA) is 12.0 Å². The molecule has 1 saturated carbocycles. The Labute approximate surface area is 126 Å². The number of benzene rings is 1. The molecule has 1 N–H and O–H groups in total. The van der Waals surface area contributed by atoms with Gasteiger partial charge in [0.2, 0.25) is 0 Å². The summed E-state index contributed by atoms with van der Waals surface area (Å²) in [6.45, 7) is 7.72. The van der Waals surface area contributed by atoms with E-state index in [1.165, 1.54) is 24.8 Å². The highest BCUT2D eigenvalue weighted by molar-refractivity contribution is 6.35. The lowest BCUT2D eigenvalue weighted by Crippen LogP contribution is -2.48. The van der Waals surface area contributed by atoms with Crippen LogP contribution in [0.25, 0.3) is 0 Å². The van der Waals surface area contributed by atoms with E-state index in [4.69, 9.17) is 23.2 Å². The van der Waals surface area contributed by atoms with Crippen molar-refractivity contribution in [3.63, 3.8) is 0 Å². The van der Waals surface area contributed by atoms with Crippen LogP contribution in [-0.4, -0.2) is 12.1 Å². The molecule has 1 aromatic carbocycles. The molecule has 0 atom stereocenters. The zero-order chi connectivity index (χ0) is 14.1. The van der Waals surface area contributed by atoms with Crippen LogP contribution in [0.1, 0.15) is 45.6 Å². The second kappa shape index (κ2) is 5.63. The van der Waals surface area contributed by atoms with E-state index in [0.29, 0.717) is 10.4 Å². The van der Waals surface area contributed by atoms with Crippen LogP contribution in [0.15, 0.2) is 18.2 Å². The van der Waals surface area contributed by atoms with Crippen LogP contribution in [0.3, 0.4) is 0 Å². The third-order valence-electron chi connectivity index (χ3n) is 3.99. The quantitative estimate of drug-likeness (QED) is 0.816. The molecular formula is C16H23Cl2N. The largest absolute Gasteiger partial charge is 0.312 e. The molecule has 19 heavy (non-hydrogen) atoms. The van der Waals surface area contributed by atoms with Crippen LogP contribution < -0.4 is 5.32 Å². The molecule has 1 aromatic rings. The molecule has 0 unspecified atom stereocenters. The number of halogens is 2. The summed E-state index contributed by atoms with van der Waals surface area (Å²) >= 11 is 12.3. The molecule has 2 rings (SSSR count). The summed E-state index contributed by atoms with van der Waals surface area (Å²) < 4.78 is 0. The summed E-state index contributed by atoms with van der Waals surface area (Å²) in [6, 6.07) is 5.86. The van der Waals surface area contributed by atoms with Crippen LogP contribution in [0.4, 0.5) is 0 Å². The normalized spacial score (nSPS) is 18.2. The Morgan fingerprint density at radius 1 is 1.21 bits per heavy atom. The van der Waals surface area contributed by atoms with Gasteiger partial charge in [-0.2, -0.15) is 0 Å². The molecule has 0 spiro atoms. The van der Waals surface area contributed by atoms with E-state index in [-0.39, 0.29) is 5.54 Å². The van der Waals surface area contributed by atoms with Gasteiger partial charge in [-0.3, -0.25) is 0 Å². The molecule has 0 aliphatic heterocycles. The Bertz CT molecular complexity index is 445. The van der Waals surface area contributed by atoms with Crippen LogP contribution in [0, 0.1) is 5.41 Å². The SMILES string of the molecule is CC(C)(C)NCC1(Cc2ccc(Cl)cc2Cl)CCC1. The van der Waals surface area contributed by atoms with Gasteiger partial charge in [0.05, 0.1) is 0 Å². The average molecular weight is 300 g/mol. The van der Waals surface area contributed by atoms with E-state index < -0.39 is 0 Å². The van der Waals surface area contributed by atoms with E-state index in [1.807, 2.05) is 12.1 Å². The number of hydrogen-bond acceptors (Lipinski definition) is 1. The molecule has 0 radical (unpaired) electrons. The number of rotatable bonds is 4. The molecular weight excluding hydrogens is 277 g/mol. The summed E-state index contributed by atoms with van der Waals surface area (Å²) in [5.74, 6) is 0. The van der Waals surface area contributed by atoms with Gasteiger partial charge in [-0.15, -0.1) is 0 Å². The number of hydrogen-bond donors (Lipinski definition) is 1. The first-order valence-corrected chi connectivity index (χ1v) is 7.74. The Kier molecular flexibility index (Phi) is 4.49. The predicted molar refractivity (Wildman–Crippen MR) is 84.2 cm³/mol. The van der Waals surface area contributed by atoms with Crippen LogP contribution in [0.5, 0.6) is 0 Å². The Hall–Kier alpha value is -0.240. The van der Waals surface area contributed by atoms with Gasteiger partial charge in [0.15, 0.2) is 0 Å². The lowest BCUT2D eigenvalue weighted by molar-refractivity contribution is 0.118. The van der Waals surface area contributed by atoms with Crippen molar-refractivity contribution in [1.82, 2.24) is 5.32 Å². The number of nitrogens with one attached hydrogen (secondary N) is 1. The average Bonchev–Trinajstić information content (AvgIpc) is 2.23. The fraction of sp³-hybridized carbons (Fsp3) is 0.625. The van der Waals surface area contributed by atoms with Gasteiger partial charge in [0, 0.05) is 22.1 Å². The lowest BCUT2D eigenvalue weighted by Gasteiger charge is -2.44. The Balaban J connectivity index is 2.06. The summed E-state index contributed by atoms with van der Waals surface area (Å²) in [5.41, 5.74) is 1.78. The maximum Gasteiger partial charge on any atom is 0.0453 e. The van der Waals surface area contributed by atoms with Crippen molar-refractivity contribution >= 4 is 23.2 Å². The second-order valence-electron chi connectivity index (χ2n) is 6.87. The van der Waals surface area contributed by atoms with Gasteiger partial charge in [-0.1, -0.05) is 35.7 Å². The summed E-state index contributed by atoms with van der Waals surface area (Å²) in [6.07, 6.45) is 4.95. The maximum atomic E-state index is 6.30. The first-order valence-electron chi connectivity index (χ1n) is 6.99. The monoisotopic (exact) mass is 299 g/mol. The van der Waals surface area contributed by atoms with Crippen LogP contribution in [-0.2, 0) is 6.42 Å². The van der Waals surface area contributed by atoms with Crippen molar-refractivity contribution in [3.8, 4) is 0 Å². The van der Waals surface area contributed by atoms with E-state index in [0.717, 1.165) is 18.0 Å². The van der Waals surface area contributed by atoms with Crippen LogP contribution in [0.2, 0.25) is 10.0 Å². The van der Waals surface area contributed by atoms with Crippen LogP contribution >= 0.6 is 23.2 Å². The Morgan fingerprint density at radius 3 is 2.37 bits per heavy atom. The van der Waals surface area contributed by atoms with Crippen molar-refractivity contribution in [2.45, 2.75) is 52.0 Å². The molecule has 106 valence electrons. The minimum atomic E-state index is 0.173. The molecule has 0 amide bonds. The molecule has 1 aliphatic carbocycles. The van der Waals surface area contributed by atoms with E-state index in [1.54, 1.807) is 0 Å². The summed E-state index contributed by atoms with van der Waals surface area (Å²) in [7, 11) is 0. The van der Waals surface area contributed by atoms with Crippen molar-refractivity contribution in [2.75, 3.05) is 6.54 Å². The molecule has 1 aliphatic rings. The Morgan fingerprint density at radius 2 is 1.89 bits per heavy atom. The van der Waals surface area contributed by atoms with Gasteiger partial charge >= 0.3 is 0 Å². The van der Waals surface area contributed by atoms with Gasteiger partial charge in [-0.25, -0.2) is 0 Å². The molecule has 3 heteroatoms. The van der Waals surface area contributed by atoms with Crippen molar-refractivity contribution in [2.24, 2.45) is 5.41 Å².